The second kappa shape index (κ2) is 6.92. The number of carbonyl (C=O) groups is 1. The molecule has 1 amide bonds. The van der Waals surface area contributed by atoms with Crippen molar-refractivity contribution in [2.24, 2.45) is 5.92 Å². The van der Waals surface area contributed by atoms with Crippen LogP contribution in [0.3, 0.4) is 0 Å². The van der Waals surface area contributed by atoms with E-state index >= 15 is 0 Å². The summed E-state index contributed by atoms with van der Waals surface area (Å²) in [4.78, 5) is 19.9. The SMILES string of the molecule is CC(CC[PH](=O)O)CNC(=O)OC(C)(C)C. The average Bonchev–Trinajstić information content (AvgIpc) is 2.08. The van der Waals surface area contributed by atoms with Crippen LogP contribution in [0.2, 0.25) is 0 Å². The first-order valence-electron chi connectivity index (χ1n) is 5.39. The molecule has 96 valence electrons. The number of amides is 1. The van der Waals surface area contributed by atoms with Crippen LogP contribution in [0.5, 0.6) is 0 Å². The third-order valence-corrected chi connectivity index (χ3v) is 2.56. The fourth-order valence-corrected chi connectivity index (χ4v) is 1.78. The van der Waals surface area contributed by atoms with Crippen molar-refractivity contribution in [3.63, 3.8) is 0 Å². The summed E-state index contributed by atoms with van der Waals surface area (Å²) in [5.74, 6) is 0.175. The monoisotopic (exact) mass is 251 g/mol. The van der Waals surface area contributed by atoms with Crippen LogP contribution in [0.1, 0.15) is 34.1 Å². The van der Waals surface area contributed by atoms with E-state index in [0.717, 1.165) is 0 Å². The molecule has 2 unspecified atom stereocenters. The maximum Gasteiger partial charge on any atom is 0.407 e. The summed E-state index contributed by atoms with van der Waals surface area (Å²) in [6.07, 6.45) is 0.488. The van der Waals surface area contributed by atoms with E-state index in [0.29, 0.717) is 19.1 Å². The van der Waals surface area contributed by atoms with Crippen molar-refractivity contribution in [1.82, 2.24) is 5.32 Å². The van der Waals surface area contributed by atoms with Crippen molar-refractivity contribution in [3.8, 4) is 0 Å². The van der Waals surface area contributed by atoms with E-state index in [1.807, 2.05) is 6.92 Å². The number of ether oxygens (including phenoxy) is 1. The van der Waals surface area contributed by atoms with Crippen LogP contribution in [-0.2, 0) is 9.30 Å². The van der Waals surface area contributed by atoms with Gasteiger partial charge in [0.2, 0.25) is 0 Å². The largest absolute Gasteiger partial charge is 0.444 e. The van der Waals surface area contributed by atoms with Crippen LogP contribution in [0.4, 0.5) is 4.79 Å². The van der Waals surface area contributed by atoms with Gasteiger partial charge in [0.15, 0.2) is 8.03 Å². The van der Waals surface area contributed by atoms with E-state index in [9.17, 15) is 9.36 Å². The standard InChI is InChI=1S/C10H22NO4P/c1-8(5-6-16(13)14)7-11-9(12)15-10(2,3)4/h8,16H,5-7H2,1-4H3,(H,11,12)(H,13,14). The van der Waals surface area contributed by atoms with E-state index < -0.39 is 19.7 Å². The van der Waals surface area contributed by atoms with Crippen molar-refractivity contribution in [1.29, 1.82) is 0 Å². The van der Waals surface area contributed by atoms with E-state index in [2.05, 4.69) is 5.32 Å². The molecule has 2 atom stereocenters. The molecule has 0 aromatic rings. The van der Waals surface area contributed by atoms with Crippen LogP contribution in [-0.4, -0.2) is 29.3 Å². The molecule has 0 aliphatic rings. The molecule has 0 saturated carbocycles. The van der Waals surface area contributed by atoms with Gasteiger partial charge in [0.1, 0.15) is 5.60 Å². The van der Waals surface area contributed by atoms with E-state index in [1.54, 1.807) is 20.8 Å². The van der Waals surface area contributed by atoms with Crippen LogP contribution in [0.25, 0.3) is 0 Å². The summed E-state index contributed by atoms with van der Waals surface area (Å²) in [5.41, 5.74) is -0.496. The third kappa shape index (κ3) is 9.99. The third-order valence-electron chi connectivity index (χ3n) is 1.84. The lowest BCUT2D eigenvalue weighted by molar-refractivity contribution is 0.0520. The Labute approximate surface area is 97.4 Å². The number of alkyl carbamates (subject to hydrolysis) is 1. The molecule has 5 nitrogen and oxygen atoms in total. The van der Waals surface area contributed by atoms with Crippen molar-refractivity contribution >= 4 is 14.1 Å². The number of nitrogens with one attached hydrogen (secondary N) is 1. The lowest BCUT2D eigenvalue weighted by Gasteiger charge is -2.20. The molecule has 16 heavy (non-hydrogen) atoms. The highest BCUT2D eigenvalue weighted by atomic mass is 31.1. The molecular weight excluding hydrogens is 229 g/mol. The quantitative estimate of drug-likeness (QED) is 0.733. The zero-order chi connectivity index (χ0) is 12.8. The highest BCUT2D eigenvalue weighted by Gasteiger charge is 2.16. The van der Waals surface area contributed by atoms with Gasteiger partial charge in [-0.25, -0.2) is 4.79 Å². The van der Waals surface area contributed by atoms with E-state index in [4.69, 9.17) is 9.63 Å². The predicted molar refractivity (Wildman–Crippen MR) is 64.1 cm³/mol. The molecule has 6 heteroatoms. The second-order valence-corrected chi connectivity index (χ2v) is 6.21. The minimum absolute atomic E-state index is 0.175. The molecule has 0 aromatic heterocycles. The number of carbonyl (C=O) groups excluding carboxylic acids is 1. The molecule has 2 N–H and O–H groups in total. The molecule has 0 fully saturated rings. The van der Waals surface area contributed by atoms with Gasteiger partial charge in [-0.1, -0.05) is 6.92 Å². The molecule has 0 radical (unpaired) electrons. The summed E-state index contributed by atoms with van der Waals surface area (Å²) in [7, 11) is -2.39. The van der Waals surface area contributed by atoms with Crippen LogP contribution in [0, 0.1) is 5.92 Å². The Bertz CT molecular complexity index is 250. The first kappa shape index (κ1) is 15.5. The summed E-state index contributed by atoms with van der Waals surface area (Å²) < 4.78 is 15.6. The van der Waals surface area contributed by atoms with E-state index in [-0.39, 0.29) is 5.92 Å². The van der Waals surface area contributed by atoms with Gasteiger partial charge >= 0.3 is 6.09 Å². The van der Waals surface area contributed by atoms with Crippen molar-refractivity contribution in [2.75, 3.05) is 12.7 Å². The lowest BCUT2D eigenvalue weighted by Crippen LogP contribution is -2.34. The maximum atomic E-state index is 11.3. The van der Waals surface area contributed by atoms with Crippen molar-refractivity contribution in [3.05, 3.63) is 0 Å². The molecular formula is C10H22NO4P. The lowest BCUT2D eigenvalue weighted by atomic mass is 10.1. The van der Waals surface area contributed by atoms with Gasteiger partial charge < -0.3 is 14.9 Å². The van der Waals surface area contributed by atoms with Crippen LogP contribution in [0.15, 0.2) is 0 Å². The second-order valence-electron chi connectivity index (χ2n) is 4.92. The predicted octanol–water partition coefficient (Wildman–Crippen LogP) is 2.00. The Balaban J connectivity index is 3.71. The van der Waals surface area contributed by atoms with Crippen molar-refractivity contribution < 1.29 is 19.0 Å². The number of rotatable bonds is 5. The Morgan fingerprint density at radius 3 is 2.50 bits per heavy atom. The molecule has 0 aliphatic carbocycles. The minimum atomic E-state index is -2.39. The molecule has 0 aliphatic heterocycles. The van der Waals surface area contributed by atoms with Gasteiger partial charge in [0, 0.05) is 12.7 Å². The zero-order valence-corrected chi connectivity index (χ0v) is 11.4. The molecule has 0 bridgehead atoms. The summed E-state index contributed by atoms with van der Waals surface area (Å²) >= 11 is 0. The molecule has 0 heterocycles. The number of hydrogen-bond donors (Lipinski definition) is 2. The Morgan fingerprint density at radius 1 is 1.50 bits per heavy atom. The van der Waals surface area contributed by atoms with Crippen molar-refractivity contribution in [2.45, 2.75) is 39.7 Å². The van der Waals surface area contributed by atoms with Gasteiger partial charge in [-0.2, -0.15) is 0 Å². The van der Waals surface area contributed by atoms with Gasteiger partial charge in [-0.3, -0.25) is 4.57 Å². The van der Waals surface area contributed by atoms with E-state index in [1.165, 1.54) is 0 Å². The first-order chi connectivity index (χ1) is 7.20. The highest BCUT2D eigenvalue weighted by Crippen LogP contribution is 2.17. The van der Waals surface area contributed by atoms with Gasteiger partial charge in [-0.15, -0.1) is 0 Å². The number of hydrogen-bond acceptors (Lipinski definition) is 3. The topological polar surface area (TPSA) is 75.6 Å². The summed E-state index contributed by atoms with van der Waals surface area (Å²) in [5, 5.41) is 2.63. The van der Waals surface area contributed by atoms with Crippen LogP contribution < -0.4 is 5.32 Å². The molecule has 0 aromatic carbocycles. The summed E-state index contributed by atoms with van der Waals surface area (Å²) in [6, 6.07) is 0. The zero-order valence-electron chi connectivity index (χ0n) is 10.4. The fraction of sp³-hybridized carbons (Fsp3) is 0.900. The smallest absolute Gasteiger partial charge is 0.407 e. The van der Waals surface area contributed by atoms with Gasteiger partial charge in [0.05, 0.1) is 0 Å². The molecule has 0 rings (SSSR count). The normalized spacial score (nSPS) is 15.3. The molecule has 0 saturated heterocycles. The van der Waals surface area contributed by atoms with Gasteiger partial charge in [-0.05, 0) is 33.1 Å². The summed E-state index contributed by atoms with van der Waals surface area (Å²) in [6.45, 7) is 7.78. The Kier molecular flexibility index (Phi) is 6.68. The fourth-order valence-electron chi connectivity index (χ4n) is 1.04. The Morgan fingerprint density at radius 2 is 2.06 bits per heavy atom. The average molecular weight is 251 g/mol. The Hall–Kier alpha value is -0.540. The molecule has 0 spiro atoms. The highest BCUT2D eigenvalue weighted by molar-refractivity contribution is 7.37. The first-order valence-corrected chi connectivity index (χ1v) is 6.95. The van der Waals surface area contributed by atoms with Gasteiger partial charge in [0.25, 0.3) is 0 Å². The minimum Gasteiger partial charge on any atom is -0.444 e. The maximum absolute atomic E-state index is 11.3. The van der Waals surface area contributed by atoms with Crippen LogP contribution >= 0.6 is 8.03 Å².